The van der Waals surface area contributed by atoms with Crippen LogP contribution in [0, 0.1) is 51.8 Å². The molecule has 12 aliphatic rings. The molecule has 12 amide bonds. The Bertz CT molecular complexity index is 5280. The van der Waals surface area contributed by atoms with Crippen LogP contribution < -0.4 is 31.9 Å². The minimum Gasteiger partial charge on any atom is -0.449 e. The topological polar surface area (TPSA) is 493 Å². The predicted molar refractivity (Wildman–Crippen MR) is 528 cm³/mol. The van der Waals surface area contributed by atoms with E-state index in [2.05, 4.69) is 69.8 Å². The Morgan fingerprint density at radius 2 is 0.720 bits per heavy atom. The van der Waals surface area contributed by atoms with E-state index in [9.17, 15) is 90.8 Å². The number of nitrogens with zero attached hydrogens (tertiary/aromatic N) is 6. The molecule has 786 valence electrons. The number of benzene rings is 3. The highest BCUT2D eigenvalue weighted by molar-refractivity contribution is 7.59. The highest BCUT2D eigenvalue weighted by Crippen LogP contribution is 2.71. The van der Waals surface area contributed by atoms with Crippen LogP contribution in [0.1, 0.15) is 236 Å². The fraction of sp³-hybridized carbons (Fsp3) is 0.647. The number of hydrogen-bond acceptors (Lipinski definition) is 22. The molecule has 3 saturated heterocycles. The molecule has 0 aromatic heterocycles. The molecule has 9 heterocycles. The monoisotopic (exact) mass is 2050 g/mol. The SMILES string of the molecule is C=C[C@@H]1C[C@]1(NC(=O)[C@@H]1C[C@@H]2CN1C(=O)[C@H](C(C)(C)C)NC(=O)OC[C@H](C)CCCCc1cccc3c1CN(C3)C(=O)O2)P(=O)(O)O.C=C[C@@H]1C[C@]1(NC(=O)[C@@H]1C[C@@H]2CN1C(=O)[C@H](C(C)(C)C)NC(=O)OC[C@H](C)CCCCc1cccc3c1CN(C3)C(=O)O2)P(=O)(O)OCC.C=C[C@@H]1C[C@]1(NC(=O)[C@@H]1C[C@@H]2CN1C(=O)[C@H](C(C)(C)C)NC(=O)OC[C@H](C)CCCCc1cccc3c1CN(C3)C(=O)O2)P(C)(=O)O. The molecule has 0 radical (unpaired) electrons. The number of aryl methyl sites for hydroxylation is 3. The molecule has 12 bridgehead atoms. The second-order valence-corrected chi connectivity index (χ2v) is 50.9. The van der Waals surface area contributed by atoms with E-state index >= 15 is 0 Å². The minimum atomic E-state index is -4.81. The average molecular weight is 2050 g/mol. The average Bonchev–Trinajstić information content (AvgIpc) is 1.55. The molecule has 9 aliphatic heterocycles. The quantitative estimate of drug-likeness (QED) is 0.0407. The molecule has 15 rings (SSSR count). The summed E-state index contributed by atoms with van der Waals surface area (Å²) < 4.78 is 78.3. The third-order valence-corrected chi connectivity index (χ3v) is 36.1. The van der Waals surface area contributed by atoms with Crippen molar-refractivity contribution in [1.82, 2.24) is 61.3 Å². The van der Waals surface area contributed by atoms with E-state index < -0.39 is 199 Å². The van der Waals surface area contributed by atoms with Crippen LogP contribution in [0.2, 0.25) is 0 Å². The maximum absolute atomic E-state index is 14.3. The van der Waals surface area contributed by atoms with Gasteiger partial charge in [0.15, 0.2) is 0 Å². The van der Waals surface area contributed by atoms with Gasteiger partial charge in [-0.3, -0.25) is 57.2 Å². The smallest absolute Gasteiger partial charge is 0.410 e. The number of ether oxygens (including phenoxy) is 6. The van der Waals surface area contributed by atoms with E-state index in [0.717, 1.165) is 110 Å². The normalized spacial score (nSPS) is 31.0. The largest absolute Gasteiger partial charge is 0.449 e. The number of hydrogen-bond donors (Lipinski definition) is 10. The molecule has 38 nitrogen and oxygen atoms in total. The van der Waals surface area contributed by atoms with E-state index in [0.29, 0.717) is 39.3 Å². The van der Waals surface area contributed by atoms with Crippen molar-refractivity contribution in [3.63, 3.8) is 0 Å². The molecule has 41 heteroatoms. The van der Waals surface area contributed by atoms with Crippen LogP contribution in [-0.4, -0.2) is 244 Å². The predicted octanol–water partition coefficient (Wildman–Crippen LogP) is 13.2. The molecule has 143 heavy (non-hydrogen) atoms. The molecule has 3 saturated carbocycles. The summed E-state index contributed by atoms with van der Waals surface area (Å²) >= 11 is 0. The van der Waals surface area contributed by atoms with Gasteiger partial charge in [0.05, 0.1) is 46.1 Å². The zero-order valence-corrected chi connectivity index (χ0v) is 87.6. The Hall–Kier alpha value is -10.2. The molecule has 10 N–H and O–H groups in total. The summed E-state index contributed by atoms with van der Waals surface area (Å²) in [5, 5.41) is 11.4. The Morgan fingerprint density at radius 3 is 0.993 bits per heavy atom. The van der Waals surface area contributed by atoms with Crippen molar-refractivity contribution in [1.29, 1.82) is 0 Å². The molecular weight excluding hydrogens is 1900 g/mol. The lowest BCUT2D eigenvalue weighted by Crippen LogP contribution is -2.58. The standard InChI is InChI=1S/C35H51N4O9P.C34H49N4O8P.C33H47N4O9P/c1-7-25-17-35(25,49(44,45)47-8-2)37-30(40)28-16-26-19-39(28)31(41)29(34(4,5)6)36-32(42)46-21-22(3)12-9-10-13-23-14-11-15-24-18-38(20-27(23)24)33(43)48-26;1-7-24-16-34(24,47(6,43)44)36-29(39)27-15-25-18-38(27)30(40)28(33(3,4)5)35-31(41)45-20-21(2)11-8-9-12-22-13-10-14-23-17-37(19-26(22)23)32(42)46-25;1-6-23-15-33(23,47(42,43)44)35-28(38)26-14-24-17-37(26)29(39)27(32(3,4)5)34-30(40)45-19-20(2)10-7-8-11-21-12-9-13-22-16-36(18-25(21)22)31(41)46-24/h7,11,14-15,22,25-26,28-29H,1,8-10,12-13,16-21H2,2-6H3,(H,36,42)(H,37,40)(H,44,45);7,10,13-14,21,24-25,27-28H,1,8-9,11-12,15-20H2,2-6H3,(H,35,41)(H,36,39)(H,43,44);6,9,12-13,20,23-24,26-27H,1,7-8,10-11,14-19H2,2-5H3,(H,34,40)(H,35,38)(H2,42,43,44)/t22-,25-,26-,28+,29-,35+;21-,24-,25-,27+,28-,34+;20-,23-,24-,26+,27-,33+/m111/s1. The number of carbonyl (C=O) groups is 12. The van der Waals surface area contributed by atoms with Gasteiger partial charge in [0.2, 0.25) is 42.8 Å². The zero-order chi connectivity index (χ0) is 104. The number of amides is 12. The van der Waals surface area contributed by atoms with E-state index in [4.69, 9.17) is 32.9 Å². The lowest BCUT2D eigenvalue weighted by Gasteiger charge is -2.35. The fourth-order valence-electron chi connectivity index (χ4n) is 21.3. The lowest BCUT2D eigenvalue weighted by molar-refractivity contribution is -0.142. The second-order valence-electron chi connectivity index (χ2n) is 44.4. The first-order valence-electron chi connectivity index (χ1n) is 50.2. The van der Waals surface area contributed by atoms with Gasteiger partial charge in [0.1, 0.15) is 70.4 Å². The van der Waals surface area contributed by atoms with Gasteiger partial charge in [-0.15, -0.1) is 19.7 Å². The summed E-state index contributed by atoms with van der Waals surface area (Å²) in [4.78, 5) is 215. The number of rotatable bonds is 14. The van der Waals surface area contributed by atoms with Gasteiger partial charge in [0, 0.05) is 82.9 Å². The van der Waals surface area contributed by atoms with Gasteiger partial charge in [-0.2, -0.15) is 0 Å². The molecule has 3 aromatic rings. The Labute approximate surface area is 837 Å². The van der Waals surface area contributed by atoms with Crippen LogP contribution in [0.3, 0.4) is 0 Å². The molecule has 6 fully saturated rings. The van der Waals surface area contributed by atoms with Crippen LogP contribution in [-0.2, 0) is 134 Å². The molecule has 20 atom stereocenters. The highest BCUT2D eigenvalue weighted by Gasteiger charge is 2.69. The summed E-state index contributed by atoms with van der Waals surface area (Å²) in [6, 6.07) is 11.5. The van der Waals surface area contributed by atoms with Crippen molar-refractivity contribution in [2.75, 3.05) is 52.7 Å². The van der Waals surface area contributed by atoms with Crippen LogP contribution in [0.4, 0.5) is 28.8 Å². The van der Waals surface area contributed by atoms with Crippen molar-refractivity contribution < 1.29 is 124 Å². The van der Waals surface area contributed by atoms with Gasteiger partial charge < -0.3 is 99.1 Å². The van der Waals surface area contributed by atoms with E-state index in [1.54, 1.807) is 90.0 Å². The third kappa shape index (κ3) is 25.2. The maximum Gasteiger partial charge on any atom is 0.410 e. The van der Waals surface area contributed by atoms with Crippen LogP contribution >= 0.6 is 22.6 Å². The third-order valence-electron chi connectivity index (χ3n) is 30.1. The highest BCUT2D eigenvalue weighted by atomic mass is 31.2. The Morgan fingerprint density at radius 1 is 0.441 bits per heavy atom. The maximum atomic E-state index is 14.3. The molecule has 2 unspecified atom stereocenters. The Kier molecular flexibility index (Phi) is 34.0. The number of nitrogens with one attached hydrogen (secondary N) is 6. The lowest BCUT2D eigenvalue weighted by atomic mass is 9.85. The van der Waals surface area contributed by atoms with E-state index in [1.807, 2.05) is 57.2 Å². The summed E-state index contributed by atoms with van der Waals surface area (Å²) in [6.45, 7) is 38.5. The number of cyclic esters (lactones) is 3. The van der Waals surface area contributed by atoms with Crippen molar-refractivity contribution >= 4 is 94.6 Å². The molecule has 3 aromatic carbocycles. The van der Waals surface area contributed by atoms with E-state index in [-0.39, 0.29) is 102 Å². The van der Waals surface area contributed by atoms with Gasteiger partial charge >= 0.3 is 51.8 Å². The van der Waals surface area contributed by atoms with Gasteiger partial charge in [-0.1, -0.05) is 175 Å². The first-order chi connectivity index (χ1) is 67.2. The number of carbonyl (C=O) groups excluding carboxylic acids is 12. The summed E-state index contributed by atoms with van der Waals surface area (Å²) in [6.07, 6.45) is 9.00. The summed E-state index contributed by atoms with van der Waals surface area (Å²) in [7, 11) is -12.9. The molecular formula is C102H147N12O26P3. The first-order valence-corrected chi connectivity index (χ1v) is 55.5. The Balaban J connectivity index is 0.000000180. The number of alkyl carbamates (subject to hydrolysis) is 3. The van der Waals surface area contributed by atoms with Gasteiger partial charge in [0.25, 0.3) is 0 Å². The minimum absolute atomic E-state index is 0.000455. The zero-order valence-electron chi connectivity index (χ0n) is 84.9. The van der Waals surface area contributed by atoms with Crippen molar-refractivity contribution in [2.45, 2.75) is 315 Å². The van der Waals surface area contributed by atoms with Crippen LogP contribution in [0.15, 0.2) is 92.6 Å². The first kappa shape index (κ1) is 110. The van der Waals surface area contributed by atoms with Crippen LogP contribution in [0.25, 0.3) is 0 Å². The second kappa shape index (κ2) is 44.2. The fourth-order valence-corrected chi connectivity index (χ4v) is 25.8. The van der Waals surface area contributed by atoms with Crippen LogP contribution in [0.5, 0.6) is 0 Å². The van der Waals surface area contributed by atoms with Crippen molar-refractivity contribution in [2.24, 2.45) is 51.8 Å². The van der Waals surface area contributed by atoms with E-state index in [1.165, 1.54) is 50.2 Å². The van der Waals surface area contributed by atoms with Gasteiger partial charge in [-0.25, -0.2) is 28.8 Å². The van der Waals surface area contributed by atoms with Gasteiger partial charge in [-0.05, 0) is 168 Å². The summed E-state index contributed by atoms with van der Waals surface area (Å²) in [5.74, 6) is -5.06. The number of fused-ring (bicyclic) bond motifs is 9. The molecule has 0 spiro atoms. The van der Waals surface area contributed by atoms with Crippen molar-refractivity contribution in [3.05, 3.63) is 143 Å². The molecule has 3 aliphatic carbocycles. The van der Waals surface area contributed by atoms with Crippen molar-refractivity contribution in [3.8, 4) is 0 Å². The summed E-state index contributed by atoms with van der Waals surface area (Å²) in [5.41, 5.74) is 7.70.